The van der Waals surface area contributed by atoms with Crippen LogP contribution in [0.15, 0.2) is 24.4 Å². The van der Waals surface area contributed by atoms with E-state index in [1.54, 1.807) is 25.1 Å². The molecule has 0 unspecified atom stereocenters. The molecule has 2 rings (SSSR count). The van der Waals surface area contributed by atoms with Gasteiger partial charge in [0.15, 0.2) is 0 Å². The maximum absolute atomic E-state index is 11.6. The highest BCUT2D eigenvalue weighted by molar-refractivity contribution is 6.38. The first-order chi connectivity index (χ1) is 8.13. The summed E-state index contributed by atoms with van der Waals surface area (Å²) < 4.78 is 4.89. The van der Waals surface area contributed by atoms with Crippen molar-refractivity contribution >= 4 is 34.2 Å². The first-order valence-corrected chi connectivity index (χ1v) is 5.52. The summed E-state index contributed by atoms with van der Waals surface area (Å²) in [5.41, 5.74) is 7.17. The second-order valence-electron chi connectivity index (χ2n) is 3.48. The number of rotatable bonds is 2. The van der Waals surface area contributed by atoms with Gasteiger partial charge in [0.05, 0.1) is 22.7 Å². The van der Waals surface area contributed by atoms with Gasteiger partial charge < -0.3 is 10.5 Å². The van der Waals surface area contributed by atoms with Crippen molar-refractivity contribution in [3.05, 3.63) is 35.0 Å². The Bertz CT molecular complexity index is 584. The van der Waals surface area contributed by atoms with Gasteiger partial charge in [-0.1, -0.05) is 11.6 Å². The molecule has 1 aromatic heterocycles. The van der Waals surface area contributed by atoms with Crippen molar-refractivity contribution in [1.29, 1.82) is 0 Å². The van der Waals surface area contributed by atoms with Gasteiger partial charge in [-0.05, 0) is 25.1 Å². The number of nitrogen functional groups attached to an aromatic ring is 1. The highest BCUT2D eigenvalue weighted by atomic mass is 35.5. The van der Waals surface area contributed by atoms with Crippen molar-refractivity contribution in [2.75, 3.05) is 12.3 Å². The molecule has 1 aromatic carbocycles. The lowest BCUT2D eigenvalue weighted by molar-refractivity contribution is 0.0526. The number of nitrogens with zero attached hydrogens (tertiary/aromatic N) is 1. The van der Waals surface area contributed by atoms with E-state index in [1.807, 2.05) is 0 Å². The summed E-state index contributed by atoms with van der Waals surface area (Å²) in [6.07, 6.45) is 1.40. The van der Waals surface area contributed by atoms with Crippen LogP contribution < -0.4 is 5.73 Å². The van der Waals surface area contributed by atoms with Crippen molar-refractivity contribution in [3.8, 4) is 0 Å². The molecule has 0 amide bonds. The molecule has 0 saturated carbocycles. The van der Waals surface area contributed by atoms with Crippen molar-refractivity contribution in [1.82, 2.24) is 4.98 Å². The lowest BCUT2D eigenvalue weighted by atomic mass is 10.1. The quantitative estimate of drug-likeness (QED) is 0.657. The van der Waals surface area contributed by atoms with Gasteiger partial charge in [0.25, 0.3) is 0 Å². The van der Waals surface area contributed by atoms with E-state index >= 15 is 0 Å². The standard InChI is InChI=1S/C12H11ClN2O2/c1-2-17-12(16)9-6-15-10-5-7(14)3-4-8(10)11(9)13/h3-6H,2,14H2,1H3. The first-order valence-electron chi connectivity index (χ1n) is 5.14. The Morgan fingerprint density at radius 3 is 3.00 bits per heavy atom. The van der Waals surface area contributed by atoms with Crippen LogP contribution in [0.3, 0.4) is 0 Å². The average Bonchev–Trinajstić information content (AvgIpc) is 2.29. The highest BCUT2D eigenvalue weighted by Gasteiger charge is 2.14. The lowest BCUT2D eigenvalue weighted by Crippen LogP contribution is -2.06. The SMILES string of the molecule is CCOC(=O)c1cnc2cc(N)ccc2c1Cl. The van der Waals surface area contributed by atoms with Gasteiger partial charge in [-0.25, -0.2) is 4.79 Å². The van der Waals surface area contributed by atoms with E-state index in [0.29, 0.717) is 28.2 Å². The molecule has 2 N–H and O–H groups in total. The molecule has 0 aliphatic rings. The summed E-state index contributed by atoms with van der Waals surface area (Å²) in [6, 6.07) is 5.16. The molecule has 88 valence electrons. The molecule has 0 aliphatic carbocycles. The Morgan fingerprint density at radius 2 is 2.29 bits per heavy atom. The van der Waals surface area contributed by atoms with E-state index in [0.717, 1.165) is 0 Å². The first kappa shape index (κ1) is 11.7. The van der Waals surface area contributed by atoms with Gasteiger partial charge in [0.1, 0.15) is 0 Å². The second-order valence-corrected chi connectivity index (χ2v) is 3.86. The number of ether oxygens (including phenoxy) is 1. The minimum atomic E-state index is -0.469. The van der Waals surface area contributed by atoms with E-state index in [4.69, 9.17) is 22.1 Å². The molecular formula is C12H11ClN2O2. The lowest BCUT2D eigenvalue weighted by Gasteiger charge is -2.06. The Labute approximate surface area is 103 Å². The Balaban J connectivity index is 2.58. The zero-order valence-electron chi connectivity index (χ0n) is 9.24. The van der Waals surface area contributed by atoms with Gasteiger partial charge in [0, 0.05) is 17.3 Å². The number of fused-ring (bicyclic) bond motifs is 1. The monoisotopic (exact) mass is 250 g/mol. The van der Waals surface area contributed by atoms with Crippen LogP contribution in [-0.2, 0) is 4.74 Å². The van der Waals surface area contributed by atoms with Crippen LogP contribution in [0.4, 0.5) is 5.69 Å². The van der Waals surface area contributed by atoms with E-state index < -0.39 is 5.97 Å². The van der Waals surface area contributed by atoms with E-state index in [1.165, 1.54) is 6.20 Å². The smallest absolute Gasteiger partial charge is 0.341 e. The molecule has 0 atom stereocenters. The number of pyridine rings is 1. The Hall–Kier alpha value is -1.81. The number of benzene rings is 1. The molecule has 0 bridgehead atoms. The third kappa shape index (κ3) is 2.17. The van der Waals surface area contributed by atoms with Crippen molar-refractivity contribution in [2.45, 2.75) is 6.92 Å². The molecule has 0 radical (unpaired) electrons. The second kappa shape index (κ2) is 4.59. The number of hydrogen-bond donors (Lipinski definition) is 1. The summed E-state index contributed by atoms with van der Waals surface area (Å²) >= 11 is 6.14. The topological polar surface area (TPSA) is 65.2 Å². The Kier molecular flexibility index (Phi) is 3.15. The zero-order valence-corrected chi connectivity index (χ0v) is 9.99. The Morgan fingerprint density at radius 1 is 1.53 bits per heavy atom. The number of esters is 1. The van der Waals surface area contributed by atoms with E-state index in [-0.39, 0.29) is 5.56 Å². The molecule has 2 aromatic rings. The predicted octanol–water partition coefficient (Wildman–Crippen LogP) is 2.65. The highest BCUT2D eigenvalue weighted by Crippen LogP contribution is 2.27. The fraction of sp³-hybridized carbons (Fsp3) is 0.167. The molecule has 1 heterocycles. The summed E-state index contributed by atoms with van der Waals surface area (Å²) in [4.78, 5) is 15.7. The maximum Gasteiger partial charge on any atom is 0.341 e. The fourth-order valence-corrected chi connectivity index (χ4v) is 1.81. The minimum absolute atomic E-state index is 0.269. The van der Waals surface area contributed by atoms with E-state index in [9.17, 15) is 4.79 Å². The number of carbonyl (C=O) groups excluding carboxylic acids is 1. The van der Waals surface area contributed by atoms with Crippen LogP contribution in [0.2, 0.25) is 5.02 Å². The number of halogens is 1. The zero-order chi connectivity index (χ0) is 12.4. The normalized spacial score (nSPS) is 10.5. The van der Waals surface area contributed by atoms with Gasteiger partial charge in [-0.15, -0.1) is 0 Å². The minimum Gasteiger partial charge on any atom is -0.462 e. The summed E-state index contributed by atoms with van der Waals surface area (Å²) in [7, 11) is 0. The number of hydrogen-bond acceptors (Lipinski definition) is 4. The van der Waals surface area contributed by atoms with Gasteiger partial charge in [-0.3, -0.25) is 4.98 Å². The van der Waals surface area contributed by atoms with Gasteiger partial charge in [-0.2, -0.15) is 0 Å². The molecule has 0 aliphatic heterocycles. The third-order valence-electron chi connectivity index (χ3n) is 2.32. The molecule has 0 saturated heterocycles. The summed E-state index contributed by atoms with van der Waals surface area (Å²) in [5.74, 6) is -0.469. The predicted molar refractivity (Wildman–Crippen MR) is 67.1 cm³/mol. The van der Waals surface area contributed by atoms with Gasteiger partial charge >= 0.3 is 5.97 Å². The number of anilines is 1. The fourth-order valence-electron chi connectivity index (χ4n) is 1.53. The summed E-state index contributed by atoms with van der Waals surface area (Å²) in [5, 5.41) is 1.03. The molecule has 0 spiro atoms. The van der Waals surface area contributed by atoms with Crippen LogP contribution in [0.1, 0.15) is 17.3 Å². The molecule has 0 fully saturated rings. The molecule has 17 heavy (non-hydrogen) atoms. The number of aromatic nitrogens is 1. The van der Waals surface area contributed by atoms with Crippen molar-refractivity contribution < 1.29 is 9.53 Å². The largest absolute Gasteiger partial charge is 0.462 e. The molecule has 5 heteroatoms. The van der Waals surface area contributed by atoms with Crippen LogP contribution in [0, 0.1) is 0 Å². The van der Waals surface area contributed by atoms with Crippen LogP contribution in [0.5, 0.6) is 0 Å². The number of carbonyl (C=O) groups is 1. The van der Waals surface area contributed by atoms with E-state index in [2.05, 4.69) is 4.98 Å². The van der Waals surface area contributed by atoms with Crippen LogP contribution >= 0.6 is 11.6 Å². The molecular weight excluding hydrogens is 240 g/mol. The molecule has 4 nitrogen and oxygen atoms in total. The third-order valence-corrected chi connectivity index (χ3v) is 2.73. The maximum atomic E-state index is 11.6. The van der Waals surface area contributed by atoms with Gasteiger partial charge in [0.2, 0.25) is 0 Å². The van der Waals surface area contributed by atoms with Crippen LogP contribution in [-0.4, -0.2) is 17.6 Å². The van der Waals surface area contributed by atoms with Crippen molar-refractivity contribution in [2.24, 2.45) is 0 Å². The average molecular weight is 251 g/mol. The summed E-state index contributed by atoms with van der Waals surface area (Å²) in [6.45, 7) is 2.04. The van der Waals surface area contributed by atoms with Crippen LogP contribution in [0.25, 0.3) is 10.9 Å². The van der Waals surface area contributed by atoms with Crippen molar-refractivity contribution in [3.63, 3.8) is 0 Å². The number of nitrogens with two attached hydrogens (primary N) is 1.